The Morgan fingerprint density at radius 3 is 2.63 bits per heavy atom. The van der Waals surface area contributed by atoms with Crippen molar-refractivity contribution in [3.63, 3.8) is 0 Å². The molecule has 104 valence electrons. The van der Waals surface area contributed by atoms with Crippen molar-refractivity contribution in [2.24, 2.45) is 5.41 Å². The second-order valence-electron chi connectivity index (χ2n) is 5.21. The molecule has 1 aromatic rings. The van der Waals surface area contributed by atoms with Crippen molar-refractivity contribution in [1.29, 1.82) is 5.26 Å². The second kappa shape index (κ2) is 5.74. The first-order valence-corrected chi connectivity index (χ1v) is 6.13. The zero-order valence-electron chi connectivity index (χ0n) is 11.9. The Balaban J connectivity index is 2.48. The zero-order valence-corrected chi connectivity index (χ0v) is 11.9. The minimum atomic E-state index is -0.483. The van der Waals surface area contributed by atoms with E-state index in [1.807, 2.05) is 13.8 Å². The van der Waals surface area contributed by atoms with Crippen molar-refractivity contribution >= 4 is 11.7 Å². The number of aryl methyl sites for hydroxylation is 1. The van der Waals surface area contributed by atoms with E-state index in [0.717, 1.165) is 5.69 Å². The van der Waals surface area contributed by atoms with E-state index in [4.69, 9.17) is 15.7 Å². The molecule has 0 aromatic carbocycles. The van der Waals surface area contributed by atoms with E-state index < -0.39 is 5.41 Å². The van der Waals surface area contributed by atoms with Gasteiger partial charge in [0.2, 0.25) is 0 Å². The van der Waals surface area contributed by atoms with Gasteiger partial charge in [0.25, 0.3) is 0 Å². The van der Waals surface area contributed by atoms with Crippen molar-refractivity contribution in [3.8, 4) is 6.07 Å². The van der Waals surface area contributed by atoms with Crippen LogP contribution in [0, 0.1) is 30.6 Å². The van der Waals surface area contributed by atoms with Crippen LogP contribution < -0.4 is 5.73 Å². The van der Waals surface area contributed by atoms with E-state index in [2.05, 4.69) is 11.2 Å². The van der Waals surface area contributed by atoms with Gasteiger partial charge in [0.05, 0.1) is 35.2 Å². The summed E-state index contributed by atoms with van der Waals surface area (Å²) in [7, 11) is 0. The molecule has 0 amide bonds. The highest BCUT2D eigenvalue weighted by atomic mass is 16.5. The van der Waals surface area contributed by atoms with Crippen LogP contribution >= 0.6 is 0 Å². The fourth-order valence-electron chi connectivity index (χ4n) is 1.51. The number of ether oxygens (including phenoxy) is 1. The monoisotopic (exact) mass is 264 g/mol. The molecular weight excluding hydrogens is 244 g/mol. The largest absolute Gasteiger partial charge is 0.464 e. The zero-order chi connectivity index (χ0) is 14.6. The lowest BCUT2D eigenvalue weighted by Gasteiger charge is -2.14. The van der Waals surface area contributed by atoms with Crippen LogP contribution in [0.5, 0.6) is 0 Å². The van der Waals surface area contributed by atoms with Gasteiger partial charge in [-0.15, -0.1) is 0 Å². The minimum absolute atomic E-state index is 0.0385. The van der Waals surface area contributed by atoms with Gasteiger partial charge in [-0.25, -0.2) is 0 Å². The molecule has 0 saturated heterocycles. The smallest absolute Gasteiger partial charge is 0.327 e. The summed E-state index contributed by atoms with van der Waals surface area (Å²) >= 11 is 0. The Morgan fingerprint density at radius 1 is 1.53 bits per heavy atom. The number of rotatable bonds is 5. The molecule has 0 radical (unpaired) electrons. The number of hydrogen-bond acceptors (Lipinski definition) is 5. The third kappa shape index (κ3) is 3.98. The van der Waals surface area contributed by atoms with Gasteiger partial charge < -0.3 is 10.5 Å². The Labute approximate surface area is 113 Å². The Morgan fingerprint density at radius 2 is 2.16 bits per heavy atom. The summed E-state index contributed by atoms with van der Waals surface area (Å²) in [6.07, 6.45) is 0.508. The normalized spacial score (nSPS) is 11.1. The fraction of sp³-hybridized carbons (Fsp3) is 0.615. The van der Waals surface area contributed by atoms with E-state index >= 15 is 0 Å². The van der Waals surface area contributed by atoms with Crippen LogP contribution in [-0.4, -0.2) is 22.4 Å². The van der Waals surface area contributed by atoms with Gasteiger partial charge in [-0.1, -0.05) is 0 Å². The number of anilines is 1. The fourth-order valence-corrected chi connectivity index (χ4v) is 1.51. The molecule has 6 heteroatoms. The first-order chi connectivity index (χ1) is 8.76. The van der Waals surface area contributed by atoms with Crippen LogP contribution in [0.4, 0.5) is 5.69 Å². The molecule has 6 nitrogen and oxygen atoms in total. The van der Waals surface area contributed by atoms with Gasteiger partial charge in [-0.2, -0.15) is 10.4 Å². The van der Waals surface area contributed by atoms with E-state index in [1.54, 1.807) is 13.8 Å². The standard InChI is InChI=1S/C13H20N4O2/c1-9-12(15)10(2)17(16-9)7-11(18)19-6-5-13(3,4)8-14/h5-7,15H2,1-4H3. The highest BCUT2D eigenvalue weighted by Crippen LogP contribution is 2.18. The molecule has 0 spiro atoms. The Bertz CT molecular complexity index is 511. The maximum Gasteiger partial charge on any atom is 0.327 e. The summed E-state index contributed by atoms with van der Waals surface area (Å²) in [5.74, 6) is -0.376. The second-order valence-corrected chi connectivity index (χ2v) is 5.21. The van der Waals surface area contributed by atoms with Crippen LogP contribution in [0.1, 0.15) is 31.7 Å². The van der Waals surface area contributed by atoms with E-state index in [1.165, 1.54) is 4.68 Å². The number of nitriles is 1. The number of carbonyl (C=O) groups excluding carboxylic acids is 1. The van der Waals surface area contributed by atoms with Crippen molar-refractivity contribution < 1.29 is 9.53 Å². The van der Waals surface area contributed by atoms with Gasteiger partial charge >= 0.3 is 5.97 Å². The average Bonchev–Trinajstić information content (AvgIpc) is 2.57. The van der Waals surface area contributed by atoms with E-state index in [9.17, 15) is 4.79 Å². The van der Waals surface area contributed by atoms with E-state index in [0.29, 0.717) is 17.8 Å². The number of aromatic nitrogens is 2. The molecule has 0 atom stereocenters. The molecule has 1 rings (SSSR count). The number of nitrogen functional groups attached to an aromatic ring is 1. The summed E-state index contributed by atoms with van der Waals surface area (Å²) in [5, 5.41) is 13.0. The lowest BCUT2D eigenvalue weighted by Crippen LogP contribution is -2.19. The minimum Gasteiger partial charge on any atom is -0.464 e. The van der Waals surface area contributed by atoms with Gasteiger partial charge in [-0.05, 0) is 34.1 Å². The van der Waals surface area contributed by atoms with Gasteiger partial charge in [0.1, 0.15) is 6.54 Å². The van der Waals surface area contributed by atoms with Crippen LogP contribution in [0.2, 0.25) is 0 Å². The maximum atomic E-state index is 11.7. The molecular formula is C13H20N4O2. The molecule has 0 bridgehead atoms. The van der Waals surface area contributed by atoms with Crippen molar-refractivity contribution in [3.05, 3.63) is 11.4 Å². The SMILES string of the molecule is Cc1nn(CC(=O)OCCC(C)(C)C#N)c(C)c1N. The molecule has 0 saturated carbocycles. The van der Waals surface area contributed by atoms with Crippen LogP contribution in [0.15, 0.2) is 0 Å². The Kier molecular flexibility index (Phi) is 4.54. The molecule has 1 aromatic heterocycles. The summed E-state index contributed by atoms with van der Waals surface area (Å²) in [6, 6.07) is 2.16. The predicted octanol–water partition coefficient (Wildman–Crippen LogP) is 1.57. The van der Waals surface area contributed by atoms with Gasteiger partial charge in [0.15, 0.2) is 0 Å². The number of nitrogens with zero attached hydrogens (tertiary/aromatic N) is 3. The molecule has 1 heterocycles. The molecule has 2 N–H and O–H groups in total. The summed E-state index contributed by atoms with van der Waals surface area (Å²) in [4.78, 5) is 11.7. The summed E-state index contributed by atoms with van der Waals surface area (Å²) in [5.41, 5.74) is 7.36. The van der Waals surface area contributed by atoms with Crippen LogP contribution in [0.3, 0.4) is 0 Å². The number of carbonyl (C=O) groups is 1. The van der Waals surface area contributed by atoms with Crippen molar-refractivity contribution in [2.75, 3.05) is 12.3 Å². The Hall–Kier alpha value is -2.03. The third-order valence-electron chi connectivity index (χ3n) is 3.01. The van der Waals surface area contributed by atoms with E-state index in [-0.39, 0.29) is 19.1 Å². The molecule has 0 aliphatic carbocycles. The van der Waals surface area contributed by atoms with Crippen molar-refractivity contribution in [1.82, 2.24) is 9.78 Å². The summed E-state index contributed by atoms with van der Waals surface area (Å²) in [6.45, 7) is 7.48. The molecule has 0 unspecified atom stereocenters. The molecule has 0 aliphatic rings. The summed E-state index contributed by atoms with van der Waals surface area (Å²) < 4.78 is 6.63. The van der Waals surface area contributed by atoms with Crippen LogP contribution in [-0.2, 0) is 16.1 Å². The molecule has 0 aliphatic heterocycles. The van der Waals surface area contributed by atoms with Crippen LogP contribution in [0.25, 0.3) is 0 Å². The quantitative estimate of drug-likeness (QED) is 0.814. The lowest BCUT2D eigenvalue weighted by molar-refractivity contribution is -0.145. The highest BCUT2D eigenvalue weighted by molar-refractivity contribution is 5.69. The molecule has 19 heavy (non-hydrogen) atoms. The topological polar surface area (TPSA) is 93.9 Å². The van der Waals surface area contributed by atoms with Gasteiger partial charge in [-0.3, -0.25) is 9.48 Å². The molecule has 0 fully saturated rings. The first-order valence-electron chi connectivity index (χ1n) is 6.13. The number of esters is 1. The predicted molar refractivity (Wildman–Crippen MR) is 71.1 cm³/mol. The van der Waals surface area contributed by atoms with Crippen molar-refractivity contribution in [2.45, 2.75) is 40.7 Å². The highest BCUT2D eigenvalue weighted by Gasteiger charge is 2.18. The third-order valence-corrected chi connectivity index (χ3v) is 3.01. The average molecular weight is 264 g/mol. The number of hydrogen-bond donors (Lipinski definition) is 1. The number of nitrogens with two attached hydrogens (primary N) is 1. The first kappa shape index (κ1) is 15.0. The lowest BCUT2D eigenvalue weighted by atomic mass is 9.92. The maximum absolute atomic E-state index is 11.7. The van der Waals surface area contributed by atoms with Gasteiger partial charge in [0, 0.05) is 0 Å².